The number of amides is 2. The lowest BCUT2D eigenvalue weighted by Gasteiger charge is -2.18. The van der Waals surface area contributed by atoms with Crippen LogP contribution in [0.3, 0.4) is 0 Å². The van der Waals surface area contributed by atoms with Crippen molar-refractivity contribution in [2.75, 3.05) is 31.8 Å². The Morgan fingerprint density at radius 3 is 2.65 bits per heavy atom. The molecule has 1 rings (SSSR count). The van der Waals surface area contributed by atoms with Crippen LogP contribution in [0.1, 0.15) is 19.8 Å². The van der Waals surface area contributed by atoms with E-state index in [-0.39, 0.29) is 6.03 Å². The Bertz CT molecular complexity index is 367. The zero-order valence-electron chi connectivity index (χ0n) is 10.6. The molecule has 0 radical (unpaired) electrons. The lowest BCUT2D eigenvalue weighted by Crippen LogP contribution is -2.36. The Morgan fingerprint density at radius 2 is 2.06 bits per heavy atom. The summed E-state index contributed by atoms with van der Waals surface area (Å²) in [5, 5.41) is 8.74. The summed E-state index contributed by atoms with van der Waals surface area (Å²) >= 11 is 3.15. The molecular formula is C10H18N4OS2. The number of rotatable bonds is 5. The van der Waals surface area contributed by atoms with Gasteiger partial charge in [-0.2, -0.15) is 0 Å². The molecule has 0 aliphatic rings. The normalized spacial score (nSPS) is 10.4. The second kappa shape index (κ2) is 6.80. The minimum Gasteiger partial charge on any atom is -0.330 e. The molecule has 2 amide bonds. The smallest absolute Gasteiger partial charge is 0.325 e. The summed E-state index contributed by atoms with van der Waals surface area (Å²) in [6, 6.07) is -0.0914. The average Bonchev–Trinajstić information content (AvgIpc) is 2.76. The highest BCUT2D eigenvalue weighted by molar-refractivity contribution is 8.01. The van der Waals surface area contributed by atoms with Gasteiger partial charge in [0.15, 0.2) is 4.34 Å². The van der Waals surface area contributed by atoms with Crippen molar-refractivity contribution in [3.8, 4) is 0 Å². The summed E-state index contributed by atoms with van der Waals surface area (Å²) in [7, 11) is 5.15. The zero-order valence-corrected chi connectivity index (χ0v) is 12.3. The first kappa shape index (κ1) is 14.2. The lowest BCUT2D eigenvalue weighted by atomic mass is 10.4. The van der Waals surface area contributed by atoms with Crippen LogP contribution in [0, 0.1) is 0 Å². The van der Waals surface area contributed by atoms with Gasteiger partial charge in [0, 0.05) is 26.9 Å². The number of hydrogen-bond donors (Lipinski definition) is 0. The van der Waals surface area contributed by atoms with Crippen LogP contribution in [0.2, 0.25) is 0 Å². The van der Waals surface area contributed by atoms with E-state index in [0.29, 0.717) is 5.13 Å². The van der Waals surface area contributed by atoms with E-state index in [1.165, 1.54) is 34.0 Å². The number of thioether (sulfide) groups is 1. The first-order valence-electron chi connectivity index (χ1n) is 5.47. The summed E-state index contributed by atoms with van der Waals surface area (Å²) in [5.41, 5.74) is 0. The summed E-state index contributed by atoms with van der Waals surface area (Å²) in [6.45, 7) is 2.16. The van der Waals surface area contributed by atoms with Crippen LogP contribution in [0.25, 0.3) is 0 Å². The molecule has 1 heterocycles. The molecule has 0 spiro atoms. The molecule has 0 bridgehead atoms. The Kier molecular flexibility index (Phi) is 5.70. The van der Waals surface area contributed by atoms with E-state index < -0.39 is 0 Å². The quantitative estimate of drug-likeness (QED) is 0.470. The second-order valence-electron chi connectivity index (χ2n) is 3.79. The molecule has 7 heteroatoms. The molecule has 0 unspecified atom stereocenters. The first-order valence-corrected chi connectivity index (χ1v) is 7.27. The van der Waals surface area contributed by atoms with Gasteiger partial charge in [0.25, 0.3) is 0 Å². The molecule has 0 N–H and O–H groups in total. The van der Waals surface area contributed by atoms with Gasteiger partial charge in [-0.05, 0) is 6.42 Å². The van der Waals surface area contributed by atoms with E-state index in [2.05, 4.69) is 17.1 Å². The summed E-state index contributed by atoms with van der Waals surface area (Å²) in [5.74, 6) is 1.05. The predicted molar refractivity (Wildman–Crippen MR) is 73.0 cm³/mol. The van der Waals surface area contributed by atoms with Gasteiger partial charge in [-0.25, -0.2) is 4.79 Å². The molecular weight excluding hydrogens is 256 g/mol. The monoisotopic (exact) mass is 274 g/mol. The first-order chi connectivity index (χ1) is 8.06. The molecule has 96 valence electrons. The molecule has 0 fully saturated rings. The third-order valence-electron chi connectivity index (χ3n) is 2.08. The van der Waals surface area contributed by atoms with Crippen molar-refractivity contribution < 1.29 is 4.79 Å². The van der Waals surface area contributed by atoms with Crippen LogP contribution in [0.4, 0.5) is 9.93 Å². The highest BCUT2D eigenvalue weighted by atomic mass is 32.2. The van der Waals surface area contributed by atoms with Crippen LogP contribution in [-0.4, -0.2) is 48.0 Å². The van der Waals surface area contributed by atoms with Gasteiger partial charge >= 0.3 is 6.03 Å². The van der Waals surface area contributed by atoms with E-state index in [9.17, 15) is 4.79 Å². The number of urea groups is 1. The van der Waals surface area contributed by atoms with Gasteiger partial charge in [-0.15, -0.1) is 10.2 Å². The van der Waals surface area contributed by atoms with Gasteiger partial charge in [-0.3, -0.25) is 4.90 Å². The maximum Gasteiger partial charge on any atom is 0.325 e. The molecule has 0 saturated heterocycles. The summed E-state index contributed by atoms with van der Waals surface area (Å²) in [6.07, 6.45) is 2.35. The third kappa shape index (κ3) is 4.16. The molecule has 0 aliphatic heterocycles. The Morgan fingerprint density at radius 1 is 1.35 bits per heavy atom. The highest BCUT2D eigenvalue weighted by Crippen LogP contribution is 2.28. The van der Waals surface area contributed by atoms with Crippen LogP contribution in [0.15, 0.2) is 4.34 Å². The van der Waals surface area contributed by atoms with Crippen LogP contribution < -0.4 is 4.90 Å². The van der Waals surface area contributed by atoms with E-state index in [0.717, 1.165) is 10.1 Å². The zero-order chi connectivity index (χ0) is 12.8. The largest absolute Gasteiger partial charge is 0.330 e. The SMILES string of the molecule is CCCCSc1nnc(N(C)C(=O)N(C)C)s1. The molecule has 1 aromatic heterocycles. The summed E-state index contributed by atoms with van der Waals surface area (Å²) < 4.78 is 0.923. The fourth-order valence-corrected chi connectivity index (χ4v) is 3.03. The Balaban J connectivity index is 2.58. The Hall–Kier alpha value is -0.820. The fraction of sp³-hybridized carbons (Fsp3) is 0.700. The van der Waals surface area contributed by atoms with Crippen LogP contribution in [0.5, 0.6) is 0 Å². The summed E-state index contributed by atoms with van der Waals surface area (Å²) in [4.78, 5) is 14.7. The number of hydrogen-bond acceptors (Lipinski definition) is 5. The van der Waals surface area contributed by atoms with Crippen LogP contribution >= 0.6 is 23.1 Å². The highest BCUT2D eigenvalue weighted by Gasteiger charge is 2.17. The molecule has 0 saturated carbocycles. The van der Waals surface area contributed by atoms with Crippen molar-refractivity contribution in [3.05, 3.63) is 0 Å². The van der Waals surface area contributed by atoms with Gasteiger partial charge in [0.1, 0.15) is 0 Å². The molecule has 1 aromatic rings. The maximum atomic E-state index is 11.7. The van der Waals surface area contributed by atoms with Crippen LogP contribution in [-0.2, 0) is 0 Å². The lowest BCUT2D eigenvalue weighted by molar-refractivity contribution is 0.225. The number of carbonyl (C=O) groups excluding carboxylic acids is 1. The van der Waals surface area contributed by atoms with E-state index >= 15 is 0 Å². The fourth-order valence-electron chi connectivity index (χ4n) is 1.08. The van der Waals surface area contributed by atoms with Gasteiger partial charge in [0.2, 0.25) is 5.13 Å². The second-order valence-corrected chi connectivity index (χ2v) is 6.09. The number of carbonyl (C=O) groups is 1. The third-order valence-corrected chi connectivity index (χ3v) is 4.29. The van der Waals surface area contributed by atoms with Crippen molar-refractivity contribution in [1.29, 1.82) is 0 Å². The molecule has 5 nitrogen and oxygen atoms in total. The number of unbranched alkanes of at least 4 members (excludes halogenated alkanes) is 1. The van der Waals surface area contributed by atoms with Gasteiger partial charge < -0.3 is 4.90 Å². The molecule has 0 aliphatic carbocycles. The van der Waals surface area contributed by atoms with Gasteiger partial charge in [0.05, 0.1) is 0 Å². The average molecular weight is 274 g/mol. The number of anilines is 1. The van der Waals surface area contributed by atoms with Crippen molar-refractivity contribution in [2.24, 2.45) is 0 Å². The number of nitrogens with zero attached hydrogens (tertiary/aromatic N) is 4. The minimum absolute atomic E-state index is 0.0914. The Labute approximate surface area is 110 Å². The van der Waals surface area contributed by atoms with Crippen molar-refractivity contribution in [2.45, 2.75) is 24.1 Å². The molecule has 0 atom stereocenters. The number of aromatic nitrogens is 2. The molecule has 17 heavy (non-hydrogen) atoms. The van der Waals surface area contributed by atoms with E-state index in [1.807, 2.05) is 0 Å². The maximum absolute atomic E-state index is 11.7. The van der Waals surface area contributed by atoms with E-state index in [1.54, 1.807) is 32.9 Å². The van der Waals surface area contributed by atoms with Crippen molar-refractivity contribution in [3.63, 3.8) is 0 Å². The van der Waals surface area contributed by atoms with E-state index in [4.69, 9.17) is 0 Å². The van der Waals surface area contributed by atoms with Gasteiger partial charge in [-0.1, -0.05) is 36.4 Å². The van der Waals surface area contributed by atoms with Crippen molar-refractivity contribution >= 4 is 34.3 Å². The topological polar surface area (TPSA) is 49.3 Å². The standard InChI is InChI=1S/C10H18N4OS2/c1-5-6-7-16-9-12-11-8(17-9)14(4)10(15)13(2)3/h5-7H2,1-4H3. The van der Waals surface area contributed by atoms with Crippen molar-refractivity contribution in [1.82, 2.24) is 15.1 Å². The predicted octanol–water partition coefficient (Wildman–Crippen LogP) is 2.55. The molecule has 0 aromatic carbocycles. The minimum atomic E-state index is -0.0914.